The van der Waals surface area contributed by atoms with E-state index in [0.717, 1.165) is 5.56 Å². The van der Waals surface area contributed by atoms with Crippen molar-refractivity contribution in [2.75, 3.05) is 18.4 Å². The third kappa shape index (κ3) is 5.23. The van der Waals surface area contributed by atoms with Crippen molar-refractivity contribution in [1.82, 2.24) is 0 Å². The molecule has 0 amide bonds. The molecule has 0 radical (unpaired) electrons. The summed E-state index contributed by atoms with van der Waals surface area (Å²) in [4.78, 5) is 0. The fraction of sp³-hybridized carbons (Fsp3) is 0.455. The molecule has 0 heterocycles. The Balaban J connectivity index is 2.14. The van der Waals surface area contributed by atoms with E-state index in [2.05, 4.69) is 0 Å². The lowest BCUT2D eigenvalue weighted by Gasteiger charge is -2.03. The minimum atomic E-state index is -3.51. The number of alkyl halides is 1. The van der Waals surface area contributed by atoms with E-state index in [0.29, 0.717) is 19.6 Å². The Morgan fingerprint density at radius 3 is 2.50 bits per heavy atom. The van der Waals surface area contributed by atoms with E-state index in [9.17, 15) is 12.8 Å². The smallest absolute Gasteiger partial charge is 0.190 e. The van der Waals surface area contributed by atoms with E-state index in [-0.39, 0.29) is 5.75 Å². The third-order valence-corrected chi connectivity index (χ3v) is 3.26. The summed E-state index contributed by atoms with van der Waals surface area (Å²) < 4.78 is 38.8. The second-order valence-electron chi connectivity index (χ2n) is 3.45. The van der Waals surface area contributed by atoms with Gasteiger partial charge >= 0.3 is 0 Å². The van der Waals surface area contributed by atoms with Crippen molar-refractivity contribution in [3.8, 4) is 0 Å². The first kappa shape index (κ1) is 13.1. The minimum Gasteiger partial charge on any atom is -0.377 e. The lowest BCUT2D eigenvalue weighted by Crippen LogP contribution is -2.10. The molecule has 0 aromatic heterocycles. The number of halogens is 1. The van der Waals surface area contributed by atoms with E-state index in [1.807, 2.05) is 30.3 Å². The first-order valence-electron chi connectivity index (χ1n) is 5.02. The van der Waals surface area contributed by atoms with Gasteiger partial charge in [-0.25, -0.2) is 12.8 Å². The molecule has 1 aromatic carbocycles. The number of sulfone groups is 1. The van der Waals surface area contributed by atoms with Crippen molar-refractivity contribution in [3.05, 3.63) is 35.9 Å². The van der Waals surface area contributed by atoms with Gasteiger partial charge in [0.2, 0.25) is 0 Å². The van der Waals surface area contributed by atoms with Gasteiger partial charge in [0.05, 0.1) is 12.4 Å². The van der Waals surface area contributed by atoms with Crippen LogP contribution < -0.4 is 0 Å². The van der Waals surface area contributed by atoms with Gasteiger partial charge in [-0.05, 0) is 12.0 Å². The Labute approximate surface area is 95.2 Å². The molecule has 0 spiro atoms. The van der Waals surface area contributed by atoms with Crippen molar-refractivity contribution in [2.24, 2.45) is 0 Å². The summed E-state index contributed by atoms with van der Waals surface area (Å²) in [6.45, 7) is 0.782. The zero-order valence-electron chi connectivity index (χ0n) is 8.93. The van der Waals surface area contributed by atoms with Gasteiger partial charge in [0, 0.05) is 6.61 Å². The van der Waals surface area contributed by atoms with Crippen molar-refractivity contribution >= 4 is 9.84 Å². The second-order valence-corrected chi connectivity index (χ2v) is 5.56. The maximum atomic E-state index is 11.9. The molecule has 90 valence electrons. The van der Waals surface area contributed by atoms with Gasteiger partial charge in [-0.2, -0.15) is 0 Å². The van der Waals surface area contributed by atoms with Gasteiger partial charge in [-0.3, -0.25) is 0 Å². The Morgan fingerprint density at radius 1 is 1.19 bits per heavy atom. The molecule has 1 aromatic rings. The Hall–Kier alpha value is -0.940. The Bertz CT molecular complexity index is 389. The minimum absolute atomic E-state index is 0.154. The quantitative estimate of drug-likeness (QED) is 0.690. The van der Waals surface area contributed by atoms with E-state index in [4.69, 9.17) is 4.74 Å². The van der Waals surface area contributed by atoms with E-state index < -0.39 is 15.8 Å². The fourth-order valence-corrected chi connectivity index (χ4v) is 1.87. The summed E-state index contributed by atoms with van der Waals surface area (Å²) in [5, 5.41) is 0. The van der Waals surface area contributed by atoms with Crippen LogP contribution >= 0.6 is 0 Å². The van der Waals surface area contributed by atoms with Gasteiger partial charge < -0.3 is 4.74 Å². The van der Waals surface area contributed by atoms with Crippen LogP contribution in [0.15, 0.2) is 30.3 Å². The summed E-state index contributed by atoms with van der Waals surface area (Å²) >= 11 is 0. The van der Waals surface area contributed by atoms with Gasteiger partial charge in [0.15, 0.2) is 15.8 Å². The van der Waals surface area contributed by atoms with Crippen LogP contribution in [0.25, 0.3) is 0 Å². The monoisotopic (exact) mass is 246 g/mol. The normalized spacial score (nSPS) is 11.6. The standard InChI is InChI=1S/C11H15FO3S/c12-10-16(13,14)8-4-7-15-9-11-5-2-1-3-6-11/h1-3,5-6H,4,7-10H2. The summed E-state index contributed by atoms with van der Waals surface area (Å²) in [6.07, 6.45) is 0.332. The van der Waals surface area contributed by atoms with Gasteiger partial charge in [-0.15, -0.1) is 0 Å². The molecule has 1 rings (SSSR count). The number of hydrogen-bond acceptors (Lipinski definition) is 3. The molecule has 16 heavy (non-hydrogen) atoms. The lowest BCUT2D eigenvalue weighted by molar-refractivity contribution is 0.122. The number of hydrogen-bond donors (Lipinski definition) is 0. The summed E-state index contributed by atoms with van der Waals surface area (Å²) in [7, 11) is -3.51. The maximum absolute atomic E-state index is 11.9. The maximum Gasteiger partial charge on any atom is 0.190 e. The number of ether oxygens (including phenoxy) is 1. The second kappa shape index (κ2) is 6.60. The van der Waals surface area contributed by atoms with Crippen LogP contribution in [0, 0.1) is 0 Å². The average molecular weight is 246 g/mol. The lowest BCUT2D eigenvalue weighted by atomic mass is 10.2. The van der Waals surface area contributed by atoms with Crippen molar-refractivity contribution < 1.29 is 17.5 Å². The van der Waals surface area contributed by atoms with Crippen LogP contribution in [-0.4, -0.2) is 26.8 Å². The molecule has 0 unspecified atom stereocenters. The molecular weight excluding hydrogens is 231 g/mol. The van der Waals surface area contributed by atoms with Crippen LogP contribution in [0.1, 0.15) is 12.0 Å². The van der Waals surface area contributed by atoms with Crippen LogP contribution in [0.3, 0.4) is 0 Å². The Morgan fingerprint density at radius 2 is 1.88 bits per heavy atom. The molecule has 0 aliphatic carbocycles. The first-order valence-corrected chi connectivity index (χ1v) is 6.84. The molecule has 0 saturated heterocycles. The average Bonchev–Trinajstić information content (AvgIpc) is 2.30. The molecule has 5 heteroatoms. The third-order valence-electron chi connectivity index (χ3n) is 2.02. The zero-order valence-corrected chi connectivity index (χ0v) is 9.75. The molecule has 0 atom stereocenters. The van der Waals surface area contributed by atoms with E-state index >= 15 is 0 Å². The van der Waals surface area contributed by atoms with Crippen LogP contribution in [0.5, 0.6) is 0 Å². The molecule has 0 aliphatic heterocycles. The molecule has 0 aliphatic rings. The van der Waals surface area contributed by atoms with Crippen molar-refractivity contribution in [2.45, 2.75) is 13.0 Å². The highest BCUT2D eigenvalue weighted by atomic mass is 32.2. The van der Waals surface area contributed by atoms with Crippen molar-refractivity contribution in [1.29, 1.82) is 0 Å². The van der Waals surface area contributed by atoms with Crippen molar-refractivity contribution in [3.63, 3.8) is 0 Å². The van der Waals surface area contributed by atoms with E-state index in [1.165, 1.54) is 0 Å². The molecule has 0 bridgehead atoms. The molecule has 0 fully saturated rings. The highest BCUT2D eigenvalue weighted by Crippen LogP contribution is 2.01. The predicted molar refractivity (Wildman–Crippen MR) is 60.5 cm³/mol. The zero-order chi connectivity index (χ0) is 11.9. The molecular formula is C11H15FO3S. The van der Waals surface area contributed by atoms with Crippen LogP contribution in [0.2, 0.25) is 0 Å². The van der Waals surface area contributed by atoms with Gasteiger partial charge in [-0.1, -0.05) is 30.3 Å². The molecule has 3 nitrogen and oxygen atoms in total. The molecule has 0 N–H and O–H groups in total. The van der Waals surface area contributed by atoms with Gasteiger partial charge in [0.25, 0.3) is 0 Å². The van der Waals surface area contributed by atoms with E-state index in [1.54, 1.807) is 0 Å². The SMILES string of the molecule is O=S(=O)(CF)CCCOCc1ccccc1. The highest BCUT2D eigenvalue weighted by molar-refractivity contribution is 7.91. The van der Waals surface area contributed by atoms with Crippen LogP contribution in [-0.2, 0) is 21.2 Å². The number of benzene rings is 1. The number of rotatable bonds is 7. The summed E-state index contributed by atoms with van der Waals surface area (Å²) in [6, 6.07) is 8.30. The summed E-state index contributed by atoms with van der Waals surface area (Å²) in [5.74, 6) is -0.154. The van der Waals surface area contributed by atoms with Gasteiger partial charge in [0.1, 0.15) is 0 Å². The highest BCUT2D eigenvalue weighted by Gasteiger charge is 2.08. The topological polar surface area (TPSA) is 43.4 Å². The summed E-state index contributed by atoms with van der Waals surface area (Å²) in [5.41, 5.74) is 1.04. The fourth-order valence-electron chi connectivity index (χ4n) is 1.20. The first-order chi connectivity index (χ1) is 7.64. The Kier molecular flexibility index (Phi) is 5.42. The largest absolute Gasteiger partial charge is 0.377 e. The molecule has 0 saturated carbocycles. The predicted octanol–water partition coefficient (Wildman–Crippen LogP) is 1.94. The van der Waals surface area contributed by atoms with Crippen LogP contribution in [0.4, 0.5) is 4.39 Å².